The lowest BCUT2D eigenvalue weighted by atomic mass is 9.52. The molecule has 0 amide bonds. The van der Waals surface area contributed by atoms with Gasteiger partial charge in [-0.25, -0.2) is 0 Å². The molecular formula is C26H41N. The highest BCUT2D eigenvalue weighted by Gasteiger charge is 2.55. The van der Waals surface area contributed by atoms with Crippen LogP contribution in [0.15, 0.2) is 24.3 Å². The second-order valence-electron chi connectivity index (χ2n) is 10.7. The van der Waals surface area contributed by atoms with E-state index in [0.717, 1.165) is 29.6 Å². The van der Waals surface area contributed by atoms with E-state index in [-0.39, 0.29) is 0 Å². The molecular weight excluding hydrogens is 326 g/mol. The van der Waals surface area contributed by atoms with Gasteiger partial charge in [0.1, 0.15) is 0 Å². The van der Waals surface area contributed by atoms with Crippen molar-refractivity contribution in [2.24, 2.45) is 46.8 Å². The van der Waals surface area contributed by atoms with E-state index in [0.29, 0.717) is 17.3 Å². The Morgan fingerprint density at radius 3 is 2.63 bits per heavy atom. The quantitative estimate of drug-likeness (QED) is 0.351. The van der Waals surface area contributed by atoms with E-state index < -0.39 is 0 Å². The molecule has 0 aromatic carbocycles. The Kier molecular flexibility index (Phi) is 6.55. The second-order valence-corrected chi connectivity index (χ2v) is 10.7. The minimum absolute atomic E-state index is 0.447. The van der Waals surface area contributed by atoms with E-state index in [1.54, 1.807) is 6.08 Å². The van der Waals surface area contributed by atoms with E-state index in [4.69, 9.17) is 5.26 Å². The number of nitrogens with zero attached hydrogens (tertiary/aromatic N) is 1. The SMILES string of the molecule is C=C1[C@H](/C=C\C#N)CC[C@@H]2[C@@H]1CC[C@]1(C)[C@@H]([C@H](C)CCCC(C)C)CC[C@@H]21. The molecule has 0 radical (unpaired) electrons. The predicted octanol–water partition coefficient (Wildman–Crippen LogP) is 7.55. The molecule has 0 aromatic heterocycles. The largest absolute Gasteiger partial charge is 0.193 e. The Morgan fingerprint density at radius 2 is 1.93 bits per heavy atom. The molecule has 3 aliphatic carbocycles. The van der Waals surface area contributed by atoms with E-state index in [9.17, 15) is 0 Å². The zero-order valence-corrected chi connectivity index (χ0v) is 18.2. The summed E-state index contributed by atoms with van der Waals surface area (Å²) in [5.41, 5.74) is 2.00. The Labute approximate surface area is 168 Å². The fraction of sp³-hybridized carbons (Fsp3) is 0.808. The van der Waals surface area contributed by atoms with Gasteiger partial charge in [0.2, 0.25) is 0 Å². The maximum atomic E-state index is 8.88. The summed E-state index contributed by atoms with van der Waals surface area (Å²) in [6.45, 7) is 14.4. The van der Waals surface area contributed by atoms with Crippen LogP contribution in [0.5, 0.6) is 0 Å². The van der Waals surface area contributed by atoms with Crippen LogP contribution in [-0.4, -0.2) is 0 Å². The summed E-state index contributed by atoms with van der Waals surface area (Å²) in [6, 6.07) is 2.17. The summed E-state index contributed by atoms with van der Waals surface area (Å²) in [5.74, 6) is 5.58. The van der Waals surface area contributed by atoms with Crippen LogP contribution in [0.2, 0.25) is 0 Å². The van der Waals surface area contributed by atoms with Gasteiger partial charge in [-0.2, -0.15) is 5.26 Å². The van der Waals surface area contributed by atoms with Gasteiger partial charge < -0.3 is 0 Å². The van der Waals surface area contributed by atoms with E-state index in [1.807, 2.05) is 0 Å². The summed E-state index contributed by atoms with van der Waals surface area (Å²) in [5, 5.41) is 8.88. The lowest BCUT2D eigenvalue weighted by molar-refractivity contribution is -0.00887. The van der Waals surface area contributed by atoms with Crippen molar-refractivity contribution in [2.45, 2.75) is 85.5 Å². The summed E-state index contributed by atoms with van der Waals surface area (Å²) in [4.78, 5) is 0. The number of fused-ring (bicyclic) bond motifs is 3. The third kappa shape index (κ3) is 4.06. The zero-order chi connectivity index (χ0) is 19.6. The fourth-order valence-corrected chi connectivity index (χ4v) is 7.39. The van der Waals surface area contributed by atoms with Gasteiger partial charge in [0.15, 0.2) is 0 Å². The lowest BCUT2D eigenvalue weighted by Gasteiger charge is -2.53. The van der Waals surface area contributed by atoms with Gasteiger partial charge in [-0.1, -0.05) is 65.2 Å². The van der Waals surface area contributed by atoms with Crippen molar-refractivity contribution in [1.29, 1.82) is 5.26 Å². The molecule has 3 fully saturated rings. The van der Waals surface area contributed by atoms with Crippen molar-refractivity contribution < 1.29 is 0 Å². The summed E-state index contributed by atoms with van der Waals surface area (Å²) < 4.78 is 0. The molecule has 0 heterocycles. The van der Waals surface area contributed by atoms with Gasteiger partial charge in [-0.05, 0) is 85.4 Å². The summed E-state index contributed by atoms with van der Waals surface area (Å²) in [6.07, 6.45) is 16.2. The molecule has 0 N–H and O–H groups in total. The highest BCUT2D eigenvalue weighted by Crippen LogP contribution is 2.64. The highest BCUT2D eigenvalue weighted by molar-refractivity contribution is 5.22. The van der Waals surface area contributed by atoms with Gasteiger partial charge in [0.05, 0.1) is 6.07 Å². The topological polar surface area (TPSA) is 23.8 Å². The molecule has 3 aliphatic rings. The summed E-state index contributed by atoms with van der Waals surface area (Å²) in [7, 11) is 0. The predicted molar refractivity (Wildman–Crippen MR) is 115 cm³/mol. The Morgan fingerprint density at radius 1 is 1.15 bits per heavy atom. The molecule has 3 rings (SSSR count). The molecule has 0 spiro atoms. The average Bonchev–Trinajstić information content (AvgIpc) is 2.98. The standard InChI is InChI=1S/C26H41N/c1-18(2)8-6-9-19(3)24-13-14-25-23-12-11-21(10-7-17-27)20(4)22(23)15-16-26(24,25)5/h7,10,18-19,21-25H,4,6,8-9,11-16H2,1-3,5H3/b10-7-/t19-,21-,22-,23-,24-,25+,26-/m1/s1. The van der Waals surface area contributed by atoms with Gasteiger partial charge in [-0.15, -0.1) is 0 Å². The van der Waals surface area contributed by atoms with E-state index in [2.05, 4.69) is 46.4 Å². The molecule has 0 saturated heterocycles. The van der Waals surface area contributed by atoms with Crippen molar-refractivity contribution >= 4 is 0 Å². The molecule has 0 bridgehead atoms. The van der Waals surface area contributed by atoms with Crippen LogP contribution in [-0.2, 0) is 0 Å². The van der Waals surface area contributed by atoms with Crippen molar-refractivity contribution in [3.63, 3.8) is 0 Å². The first-order valence-corrected chi connectivity index (χ1v) is 11.6. The number of hydrogen-bond acceptors (Lipinski definition) is 1. The van der Waals surface area contributed by atoms with Crippen LogP contribution in [0.1, 0.15) is 85.5 Å². The first-order valence-electron chi connectivity index (χ1n) is 11.6. The van der Waals surface area contributed by atoms with Crippen LogP contribution in [0.4, 0.5) is 0 Å². The molecule has 150 valence electrons. The smallest absolute Gasteiger partial charge is 0.0908 e. The Balaban J connectivity index is 1.67. The van der Waals surface area contributed by atoms with Gasteiger partial charge in [0.25, 0.3) is 0 Å². The molecule has 7 atom stereocenters. The van der Waals surface area contributed by atoms with Crippen LogP contribution in [0.25, 0.3) is 0 Å². The minimum atomic E-state index is 0.447. The second kappa shape index (κ2) is 8.55. The van der Waals surface area contributed by atoms with Crippen LogP contribution in [0.3, 0.4) is 0 Å². The normalized spacial score (nSPS) is 40.0. The third-order valence-corrected chi connectivity index (χ3v) is 8.80. The molecule has 27 heavy (non-hydrogen) atoms. The number of rotatable bonds is 6. The molecule has 0 aliphatic heterocycles. The zero-order valence-electron chi connectivity index (χ0n) is 18.2. The van der Waals surface area contributed by atoms with Crippen LogP contribution < -0.4 is 0 Å². The molecule has 0 unspecified atom stereocenters. The number of allylic oxidation sites excluding steroid dienone is 3. The maximum Gasteiger partial charge on any atom is 0.0908 e. The van der Waals surface area contributed by atoms with E-state index in [1.165, 1.54) is 63.4 Å². The molecule has 1 heteroatoms. The van der Waals surface area contributed by atoms with E-state index >= 15 is 0 Å². The van der Waals surface area contributed by atoms with Crippen molar-refractivity contribution in [1.82, 2.24) is 0 Å². The van der Waals surface area contributed by atoms with Gasteiger partial charge in [-0.3, -0.25) is 0 Å². The third-order valence-electron chi connectivity index (χ3n) is 8.80. The number of nitriles is 1. The number of hydrogen-bond donors (Lipinski definition) is 0. The first-order chi connectivity index (χ1) is 12.9. The minimum Gasteiger partial charge on any atom is -0.193 e. The Hall–Kier alpha value is -1.03. The summed E-state index contributed by atoms with van der Waals surface area (Å²) >= 11 is 0. The Bertz CT molecular complexity index is 594. The van der Waals surface area contributed by atoms with Crippen LogP contribution in [0, 0.1) is 58.2 Å². The lowest BCUT2D eigenvalue weighted by Crippen LogP contribution is -2.45. The molecule has 0 aromatic rings. The molecule has 1 nitrogen and oxygen atoms in total. The fourth-order valence-electron chi connectivity index (χ4n) is 7.39. The van der Waals surface area contributed by atoms with Crippen LogP contribution >= 0.6 is 0 Å². The average molecular weight is 368 g/mol. The first kappa shape index (κ1) is 20.7. The monoisotopic (exact) mass is 367 g/mol. The van der Waals surface area contributed by atoms with Gasteiger partial charge in [0, 0.05) is 6.08 Å². The van der Waals surface area contributed by atoms with Gasteiger partial charge >= 0.3 is 0 Å². The van der Waals surface area contributed by atoms with Crippen molar-refractivity contribution in [2.75, 3.05) is 0 Å². The van der Waals surface area contributed by atoms with Crippen molar-refractivity contribution in [3.8, 4) is 6.07 Å². The molecule has 3 saturated carbocycles. The maximum absolute atomic E-state index is 8.88. The van der Waals surface area contributed by atoms with Crippen molar-refractivity contribution in [3.05, 3.63) is 24.3 Å². The highest BCUT2D eigenvalue weighted by atomic mass is 14.6.